The highest BCUT2D eigenvalue weighted by atomic mass is 35.5. The highest BCUT2D eigenvalue weighted by Gasteiger charge is 2.37. The van der Waals surface area contributed by atoms with Crippen LogP contribution < -0.4 is 0 Å². The Hall–Kier alpha value is -1.30. The Morgan fingerprint density at radius 2 is 1.67 bits per heavy atom. The van der Waals surface area contributed by atoms with Gasteiger partial charge in [-0.1, -0.05) is 34.8 Å². The van der Waals surface area contributed by atoms with Gasteiger partial charge in [-0.3, -0.25) is 9.78 Å². The lowest BCUT2D eigenvalue weighted by Crippen LogP contribution is -2.12. The molecule has 0 spiro atoms. The van der Waals surface area contributed by atoms with Gasteiger partial charge in [0.15, 0.2) is 6.29 Å². The average molecular weight is 355 g/mol. The van der Waals surface area contributed by atoms with Gasteiger partial charge in [0.05, 0.1) is 26.3 Å². The van der Waals surface area contributed by atoms with Gasteiger partial charge >= 0.3 is 6.18 Å². The summed E-state index contributed by atoms with van der Waals surface area (Å²) in [4.78, 5) is 14.5. The van der Waals surface area contributed by atoms with Gasteiger partial charge in [0, 0.05) is 17.3 Å². The summed E-state index contributed by atoms with van der Waals surface area (Å²) in [5, 5.41) is 0.0124. The molecular weight excluding hydrogens is 350 g/mol. The molecule has 21 heavy (non-hydrogen) atoms. The molecule has 8 heteroatoms. The van der Waals surface area contributed by atoms with Crippen LogP contribution >= 0.6 is 34.8 Å². The largest absolute Gasteiger partial charge is 0.419 e. The van der Waals surface area contributed by atoms with E-state index < -0.39 is 23.0 Å². The van der Waals surface area contributed by atoms with Gasteiger partial charge in [-0.2, -0.15) is 13.2 Å². The molecule has 0 N–H and O–H groups in total. The molecule has 1 aromatic carbocycles. The minimum absolute atomic E-state index is 0.00871. The Balaban J connectivity index is 2.78. The van der Waals surface area contributed by atoms with Gasteiger partial charge in [0.25, 0.3) is 0 Å². The number of alkyl halides is 3. The molecule has 2 aromatic rings. The van der Waals surface area contributed by atoms with Crippen LogP contribution in [0.5, 0.6) is 0 Å². The van der Waals surface area contributed by atoms with E-state index in [-0.39, 0.29) is 26.9 Å². The predicted molar refractivity (Wildman–Crippen MR) is 75.1 cm³/mol. The van der Waals surface area contributed by atoms with Crippen LogP contribution in [0.15, 0.2) is 24.4 Å². The highest BCUT2D eigenvalue weighted by molar-refractivity contribution is 6.48. The first-order chi connectivity index (χ1) is 9.75. The van der Waals surface area contributed by atoms with Crippen molar-refractivity contribution >= 4 is 41.1 Å². The number of benzene rings is 1. The zero-order chi connectivity index (χ0) is 15.8. The normalized spacial score (nSPS) is 11.5. The summed E-state index contributed by atoms with van der Waals surface area (Å²) in [7, 11) is 0. The molecule has 0 unspecified atom stereocenters. The van der Waals surface area contributed by atoms with Crippen LogP contribution in [0.25, 0.3) is 11.3 Å². The second-order valence-corrected chi connectivity index (χ2v) is 5.19. The van der Waals surface area contributed by atoms with Crippen molar-refractivity contribution < 1.29 is 18.0 Å². The van der Waals surface area contributed by atoms with E-state index >= 15 is 0 Å². The van der Waals surface area contributed by atoms with Gasteiger partial charge in [0.2, 0.25) is 0 Å². The zero-order valence-electron chi connectivity index (χ0n) is 10.0. The first kappa shape index (κ1) is 16.1. The Bertz CT molecular complexity index is 693. The maximum Gasteiger partial charge on any atom is 0.419 e. The van der Waals surface area contributed by atoms with Crippen molar-refractivity contribution in [1.82, 2.24) is 4.98 Å². The van der Waals surface area contributed by atoms with Crippen molar-refractivity contribution in [3.8, 4) is 11.3 Å². The second kappa shape index (κ2) is 5.83. The van der Waals surface area contributed by atoms with Gasteiger partial charge in [-0.05, 0) is 18.2 Å². The topological polar surface area (TPSA) is 30.0 Å². The number of carbonyl (C=O) groups is 1. The molecule has 2 nitrogen and oxygen atoms in total. The van der Waals surface area contributed by atoms with E-state index in [0.29, 0.717) is 0 Å². The Morgan fingerprint density at radius 3 is 2.14 bits per heavy atom. The van der Waals surface area contributed by atoms with E-state index in [0.717, 1.165) is 12.3 Å². The van der Waals surface area contributed by atoms with Crippen LogP contribution in [0.4, 0.5) is 13.2 Å². The third kappa shape index (κ3) is 3.15. The fourth-order valence-corrected chi connectivity index (χ4v) is 2.38. The van der Waals surface area contributed by atoms with Crippen molar-refractivity contribution in [3.63, 3.8) is 0 Å². The SMILES string of the molecule is O=Cc1ccnc(-c2cc(Cl)c(Cl)c(Cl)c2)c1C(F)(F)F. The minimum atomic E-state index is -4.75. The van der Waals surface area contributed by atoms with Crippen molar-refractivity contribution in [2.45, 2.75) is 6.18 Å². The Kier molecular flexibility index (Phi) is 4.46. The summed E-state index contributed by atoms with van der Waals surface area (Å²) >= 11 is 17.4. The van der Waals surface area contributed by atoms with Crippen LogP contribution in [0.3, 0.4) is 0 Å². The quantitative estimate of drug-likeness (QED) is 0.523. The summed E-state index contributed by atoms with van der Waals surface area (Å²) in [5.41, 5.74) is -2.08. The van der Waals surface area contributed by atoms with Crippen LogP contribution in [0.2, 0.25) is 15.1 Å². The van der Waals surface area contributed by atoms with E-state index in [2.05, 4.69) is 4.98 Å². The first-order valence-electron chi connectivity index (χ1n) is 5.42. The fourth-order valence-electron chi connectivity index (χ4n) is 1.78. The van der Waals surface area contributed by atoms with Crippen molar-refractivity contribution in [2.75, 3.05) is 0 Å². The molecule has 0 fully saturated rings. The van der Waals surface area contributed by atoms with Crippen molar-refractivity contribution in [2.24, 2.45) is 0 Å². The average Bonchev–Trinajstić information content (AvgIpc) is 2.42. The highest BCUT2D eigenvalue weighted by Crippen LogP contribution is 2.40. The van der Waals surface area contributed by atoms with Crippen LogP contribution in [-0.2, 0) is 6.18 Å². The summed E-state index contributed by atoms with van der Waals surface area (Å²) in [5.74, 6) is 0. The van der Waals surface area contributed by atoms with E-state index in [9.17, 15) is 18.0 Å². The monoisotopic (exact) mass is 353 g/mol. The summed E-state index contributed by atoms with van der Waals surface area (Å²) in [6, 6.07) is 3.41. The summed E-state index contributed by atoms with van der Waals surface area (Å²) in [6.45, 7) is 0. The maximum atomic E-state index is 13.2. The van der Waals surface area contributed by atoms with Gasteiger partial charge < -0.3 is 0 Å². The van der Waals surface area contributed by atoms with E-state index in [1.807, 2.05) is 0 Å². The number of hydrogen-bond acceptors (Lipinski definition) is 2. The van der Waals surface area contributed by atoms with Gasteiger partial charge in [0.1, 0.15) is 0 Å². The molecule has 1 aromatic heterocycles. The second-order valence-electron chi connectivity index (χ2n) is 3.99. The van der Waals surface area contributed by atoms with Crippen LogP contribution in [0.1, 0.15) is 15.9 Å². The maximum absolute atomic E-state index is 13.2. The Morgan fingerprint density at radius 1 is 1.10 bits per heavy atom. The fraction of sp³-hybridized carbons (Fsp3) is 0.0769. The molecule has 0 aliphatic rings. The molecule has 0 saturated carbocycles. The summed E-state index contributed by atoms with van der Waals surface area (Å²) in [6.07, 6.45) is -3.53. The molecule has 0 atom stereocenters. The van der Waals surface area contributed by atoms with Gasteiger partial charge in [-0.15, -0.1) is 0 Å². The molecule has 2 rings (SSSR count). The molecule has 110 valence electrons. The molecule has 1 heterocycles. The van der Waals surface area contributed by atoms with Crippen molar-refractivity contribution in [1.29, 1.82) is 0 Å². The smallest absolute Gasteiger partial charge is 0.298 e. The third-order valence-electron chi connectivity index (χ3n) is 2.65. The molecule has 0 radical (unpaired) electrons. The van der Waals surface area contributed by atoms with Crippen LogP contribution in [-0.4, -0.2) is 11.3 Å². The van der Waals surface area contributed by atoms with Crippen LogP contribution in [0, 0.1) is 0 Å². The lowest BCUT2D eigenvalue weighted by atomic mass is 10.0. The number of halogens is 6. The van der Waals surface area contributed by atoms with E-state index in [4.69, 9.17) is 34.8 Å². The van der Waals surface area contributed by atoms with E-state index in [1.54, 1.807) is 0 Å². The number of carbonyl (C=O) groups excluding carboxylic acids is 1. The molecule has 0 aliphatic carbocycles. The minimum Gasteiger partial charge on any atom is -0.298 e. The first-order valence-corrected chi connectivity index (χ1v) is 6.55. The summed E-state index contributed by atoms with van der Waals surface area (Å²) < 4.78 is 39.5. The van der Waals surface area contributed by atoms with E-state index in [1.165, 1.54) is 12.1 Å². The molecule has 0 bridgehead atoms. The standard InChI is InChI=1S/C13H5Cl3F3NO/c14-8-3-7(4-9(15)11(8)16)12-10(13(17,18)19)6(5-21)1-2-20-12/h1-5H. The third-order valence-corrected chi connectivity index (χ3v) is 3.85. The lowest BCUT2D eigenvalue weighted by Gasteiger charge is -2.14. The van der Waals surface area contributed by atoms with Crippen molar-refractivity contribution in [3.05, 3.63) is 50.6 Å². The number of hydrogen-bond donors (Lipinski definition) is 0. The molecule has 0 aliphatic heterocycles. The number of pyridine rings is 1. The molecule has 0 amide bonds. The number of nitrogens with zero attached hydrogens (tertiary/aromatic N) is 1. The molecular formula is C13H5Cl3F3NO. The predicted octanol–water partition coefficient (Wildman–Crippen LogP) is 5.54. The lowest BCUT2D eigenvalue weighted by molar-refractivity contribution is -0.137. The Labute approximate surface area is 132 Å². The number of aromatic nitrogens is 1. The number of rotatable bonds is 2. The zero-order valence-corrected chi connectivity index (χ0v) is 12.3. The number of aldehydes is 1. The molecule has 0 saturated heterocycles. The van der Waals surface area contributed by atoms with Gasteiger partial charge in [-0.25, -0.2) is 0 Å².